The second-order valence-corrected chi connectivity index (χ2v) is 5.80. The first-order chi connectivity index (χ1) is 12.1. The zero-order valence-electron chi connectivity index (χ0n) is 13.6. The molecule has 0 aliphatic carbocycles. The predicted octanol–water partition coefficient (Wildman–Crippen LogP) is 3.73. The molecule has 0 aliphatic heterocycles. The van der Waals surface area contributed by atoms with Gasteiger partial charge in [-0.25, -0.2) is 9.97 Å². The SMILES string of the molecule is CC(=O)Nc1cccc(OCCNc2ncnc3cc(Cl)ccc23)c1. The first-order valence-electron chi connectivity index (χ1n) is 7.76. The fourth-order valence-electron chi connectivity index (χ4n) is 2.38. The third-order valence-corrected chi connectivity index (χ3v) is 3.65. The van der Waals surface area contributed by atoms with Crippen molar-refractivity contribution >= 4 is 39.9 Å². The van der Waals surface area contributed by atoms with Gasteiger partial charge in [-0.15, -0.1) is 0 Å². The molecular formula is C18H17ClN4O2. The highest BCUT2D eigenvalue weighted by Gasteiger charge is 2.04. The number of halogens is 1. The number of rotatable bonds is 6. The van der Waals surface area contributed by atoms with Crippen LogP contribution in [0.4, 0.5) is 11.5 Å². The second kappa shape index (κ2) is 7.81. The van der Waals surface area contributed by atoms with Crippen LogP contribution in [0.2, 0.25) is 5.02 Å². The van der Waals surface area contributed by atoms with Gasteiger partial charge in [-0.3, -0.25) is 4.79 Å². The molecule has 0 bridgehead atoms. The summed E-state index contributed by atoms with van der Waals surface area (Å²) in [4.78, 5) is 19.6. The first kappa shape index (κ1) is 17.0. The summed E-state index contributed by atoms with van der Waals surface area (Å²) in [5, 5.41) is 7.50. The van der Waals surface area contributed by atoms with Crippen molar-refractivity contribution in [3.05, 3.63) is 53.8 Å². The number of hydrogen-bond acceptors (Lipinski definition) is 5. The largest absolute Gasteiger partial charge is 0.492 e. The van der Waals surface area contributed by atoms with Crippen LogP contribution in [0.3, 0.4) is 0 Å². The Morgan fingerprint density at radius 1 is 1.20 bits per heavy atom. The Balaban J connectivity index is 1.58. The van der Waals surface area contributed by atoms with Crippen LogP contribution in [0, 0.1) is 0 Å². The molecule has 1 heterocycles. The number of ether oxygens (including phenoxy) is 1. The van der Waals surface area contributed by atoms with E-state index in [4.69, 9.17) is 16.3 Å². The third kappa shape index (κ3) is 4.58. The number of carbonyl (C=O) groups is 1. The maximum atomic E-state index is 11.1. The Morgan fingerprint density at radius 3 is 2.92 bits per heavy atom. The smallest absolute Gasteiger partial charge is 0.221 e. The maximum Gasteiger partial charge on any atom is 0.221 e. The van der Waals surface area contributed by atoms with E-state index in [1.54, 1.807) is 12.1 Å². The van der Waals surface area contributed by atoms with Crippen LogP contribution in [0.25, 0.3) is 10.9 Å². The van der Waals surface area contributed by atoms with Crippen LogP contribution in [0.1, 0.15) is 6.92 Å². The van der Waals surface area contributed by atoms with E-state index in [2.05, 4.69) is 20.6 Å². The minimum absolute atomic E-state index is 0.116. The molecule has 0 fully saturated rings. The highest BCUT2D eigenvalue weighted by atomic mass is 35.5. The quantitative estimate of drug-likeness (QED) is 0.658. The van der Waals surface area contributed by atoms with Gasteiger partial charge in [-0.05, 0) is 30.3 Å². The molecule has 0 unspecified atom stereocenters. The Hall–Kier alpha value is -2.86. The van der Waals surface area contributed by atoms with E-state index < -0.39 is 0 Å². The Bertz CT molecular complexity index is 901. The molecular weight excluding hydrogens is 340 g/mol. The molecule has 0 spiro atoms. The van der Waals surface area contributed by atoms with E-state index in [1.165, 1.54) is 13.3 Å². The van der Waals surface area contributed by atoms with Crippen molar-refractivity contribution in [1.82, 2.24) is 9.97 Å². The van der Waals surface area contributed by atoms with E-state index in [0.29, 0.717) is 29.6 Å². The number of carbonyl (C=O) groups excluding carboxylic acids is 1. The molecule has 2 aromatic carbocycles. The average Bonchev–Trinajstić information content (AvgIpc) is 2.58. The number of anilines is 2. The van der Waals surface area contributed by atoms with Crippen LogP contribution < -0.4 is 15.4 Å². The molecule has 7 heteroatoms. The molecule has 2 N–H and O–H groups in total. The average molecular weight is 357 g/mol. The van der Waals surface area contributed by atoms with Crippen molar-refractivity contribution < 1.29 is 9.53 Å². The van der Waals surface area contributed by atoms with Gasteiger partial charge < -0.3 is 15.4 Å². The van der Waals surface area contributed by atoms with Gasteiger partial charge in [-0.2, -0.15) is 0 Å². The summed E-state index contributed by atoms with van der Waals surface area (Å²) in [7, 11) is 0. The third-order valence-electron chi connectivity index (χ3n) is 3.42. The van der Waals surface area contributed by atoms with Gasteiger partial charge in [0.1, 0.15) is 24.5 Å². The van der Waals surface area contributed by atoms with Crippen molar-refractivity contribution in [3.63, 3.8) is 0 Å². The lowest BCUT2D eigenvalue weighted by atomic mass is 10.2. The Labute approximate surface area is 150 Å². The molecule has 0 radical (unpaired) electrons. The minimum atomic E-state index is -0.116. The molecule has 0 saturated heterocycles. The zero-order valence-corrected chi connectivity index (χ0v) is 14.4. The van der Waals surface area contributed by atoms with E-state index in [1.807, 2.05) is 30.3 Å². The number of benzene rings is 2. The van der Waals surface area contributed by atoms with E-state index >= 15 is 0 Å². The summed E-state index contributed by atoms with van der Waals surface area (Å²) in [6.07, 6.45) is 1.50. The molecule has 0 aliphatic rings. The lowest BCUT2D eigenvalue weighted by Gasteiger charge is -2.11. The molecule has 1 amide bonds. The monoisotopic (exact) mass is 356 g/mol. The number of fused-ring (bicyclic) bond motifs is 1. The highest BCUT2D eigenvalue weighted by molar-refractivity contribution is 6.31. The fourth-order valence-corrected chi connectivity index (χ4v) is 2.54. The summed E-state index contributed by atoms with van der Waals surface area (Å²) in [5.74, 6) is 1.30. The summed E-state index contributed by atoms with van der Waals surface area (Å²) in [5.41, 5.74) is 1.49. The minimum Gasteiger partial charge on any atom is -0.492 e. The fraction of sp³-hybridized carbons (Fsp3) is 0.167. The van der Waals surface area contributed by atoms with Gasteiger partial charge >= 0.3 is 0 Å². The number of amides is 1. The van der Waals surface area contributed by atoms with E-state index in [-0.39, 0.29) is 5.91 Å². The highest BCUT2D eigenvalue weighted by Crippen LogP contribution is 2.22. The van der Waals surface area contributed by atoms with Crippen LogP contribution in [-0.2, 0) is 4.79 Å². The molecule has 0 saturated carbocycles. The molecule has 25 heavy (non-hydrogen) atoms. The van der Waals surface area contributed by atoms with Gasteiger partial charge in [0.15, 0.2) is 0 Å². The van der Waals surface area contributed by atoms with Crippen molar-refractivity contribution in [3.8, 4) is 5.75 Å². The number of hydrogen-bond donors (Lipinski definition) is 2. The van der Waals surface area contributed by atoms with Crippen LogP contribution in [0.15, 0.2) is 48.8 Å². The van der Waals surface area contributed by atoms with Gasteiger partial charge in [0, 0.05) is 29.1 Å². The molecule has 3 aromatic rings. The number of nitrogens with zero attached hydrogens (tertiary/aromatic N) is 2. The van der Waals surface area contributed by atoms with Gasteiger partial charge in [0.2, 0.25) is 5.91 Å². The standard InChI is InChI=1S/C18H17ClN4O2/c1-12(24)23-14-3-2-4-15(10-14)25-8-7-20-18-16-6-5-13(19)9-17(16)21-11-22-18/h2-6,9-11H,7-8H2,1H3,(H,23,24)(H,20,21,22). The van der Waals surface area contributed by atoms with Crippen LogP contribution in [0.5, 0.6) is 5.75 Å². The summed E-state index contributed by atoms with van der Waals surface area (Å²) < 4.78 is 5.70. The van der Waals surface area contributed by atoms with Crippen LogP contribution >= 0.6 is 11.6 Å². The van der Waals surface area contributed by atoms with Crippen molar-refractivity contribution in [1.29, 1.82) is 0 Å². The summed E-state index contributed by atoms with van der Waals surface area (Å²) >= 11 is 5.98. The Kier molecular flexibility index (Phi) is 5.30. The van der Waals surface area contributed by atoms with E-state index in [9.17, 15) is 4.79 Å². The molecule has 0 atom stereocenters. The van der Waals surface area contributed by atoms with Crippen molar-refractivity contribution in [2.75, 3.05) is 23.8 Å². The van der Waals surface area contributed by atoms with Gasteiger partial charge in [-0.1, -0.05) is 17.7 Å². The topological polar surface area (TPSA) is 76.1 Å². The number of aromatic nitrogens is 2. The molecule has 1 aromatic heterocycles. The summed E-state index contributed by atoms with van der Waals surface area (Å²) in [6, 6.07) is 12.8. The molecule has 3 rings (SSSR count). The number of nitrogens with one attached hydrogen (secondary N) is 2. The second-order valence-electron chi connectivity index (χ2n) is 5.37. The Morgan fingerprint density at radius 2 is 2.08 bits per heavy atom. The van der Waals surface area contributed by atoms with Gasteiger partial charge in [0.25, 0.3) is 0 Å². The maximum absolute atomic E-state index is 11.1. The summed E-state index contributed by atoms with van der Waals surface area (Å²) in [6.45, 7) is 2.48. The van der Waals surface area contributed by atoms with Crippen LogP contribution in [-0.4, -0.2) is 29.0 Å². The predicted molar refractivity (Wildman–Crippen MR) is 99.3 cm³/mol. The molecule has 128 valence electrons. The van der Waals surface area contributed by atoms with Crippen molar-refractivity contribution in [2.24, 2.45) is 0 Å². The zero-order chi connectivity index (χ0) is 17.6. The lowest BCUT2D eigenvalue weighted by molar-refractivity contribution is -0.114. The van der Waals surface area contributed by atoms with Gasteiger partial charge in [0.05, 0.1) is 12.1 Å². The normalized spacial score (nSPS) is 10.5. The molecule has 6 nitrogen and oxygen atoms in total. The van der Waals surface area contributed by atoms with Crippen molar-refractivity contribution in [2.45, 2.75) is 6.92 Å². The van der Waals surface area contributed by atoms with E-state index in [0.717, 1.165) is 16.7 Å². The first-order valence-corrected chi connectivity index (χ1v) is 8.14. The lowest BCUT2D eigenvalue weighted by Crippen LogP contribution is -2.13.